The Bertz CT molecular complexity index is 887. The molecule has 0 aliphatic rings. The maximum atomic E-state index is 12.6. The number of nitrogens with zero attached hydrogens (tertiary/aromatic N) is 2. The first-order valence-electron chi connectivity index (χ1n) is 7.65. The maximum absolute atomic E-state index is 12.6. The third-order valence-corrected chi connectivity index (χ3v) is 4.51. The largest absolute Gasteiger partial charge is 0.493 e. The minimum atomic E-state index is -0.328. The van der Waals surface area contributed by atoms with Gasteiger partial charge in [0.2, 0.25) is 5.75 Å². The van der Waals surface area contributed by atoms with E-state index in [4.69, 9.17) is 14.2 Å². The molecule has 134 valence electrons. The summed E-state index contributed by atoms with van der Waals surface area (Å²) in [6, 6.07) is 8.81. The lowest BCUT2D eigenvalue weighted by atomic mass is 10.1. The van der Waals surface area contributed by atoms with Crippen LogP contribution in [0, 0.1) is 0 Å². The molecule has 7 nitrogen and oxygen atoms in total. The number of carbonyl (C=O) groups is 1. The summed E-state index contributed by atoms with van der Waals surface area (Å²) in [5.41, 5.74) is 1.17. The number of anilines is 1. The van der Waals surface area contributed by atoms with Gasteiger partial charge in [0.1, 0.15) is 0 Å². The van der Waals surface area contributed by atoms with E-state index in [9.17, 15) is 4.79 Å². The summed E-state index contributed by atoms with van der Waals surface area (Å²) in [5, 5.41) is 3.25. The minimum Gasteiger partial charge on any atom is -0.493 e. The van der Waals surface area contributed by atoms with Gasteiger partial charge in [0.25, 0.3) is 5.91 Å². The van der Waals surface area contributed by atoms with Gasteiger partial charge in [-0.3, -0.25) is 15.1 Å². The van der Waals surface area contributed by atoms with Crippen LogP contribution >= 0.6 is 11.3 Å². The molecule has 1 amide bonds. The van der Waals surface area contributed by atoms with Crippen molar-refractivity contribution < 1.29 is 19.0 Å². The summed E-state index contributed by atoms with van der Waals surface area (Å²) in [6.07, 6.45) is 3.39. The van der Waals surface area contributed by atoms with Crippen LogP contribution in [0.25, 0.3) is 10.6 Å². The Morgan fingerprint density at radius 1 is 1.04 bits per heavy atom. The summed E-state index contributed by atoms with van der Waals surface area (Å²) in [4.78, 5) is 22.0. The van der Waals surface area contributed by atoms with Gasteiger partial charge >= 0.3 is 0 Å². The van der Waals surface area contributed by atoms with Crippen molar-refractivity contribution in [3.8, 4) is 27.8 Å². The lowest BCUT2D eigenvalue weighted by Crippen LogP contribution is -2.12. The van der Waals surface area contributed by atoms with Crippen LogP contribution in [0.2, 0.25) is 0 Å². The number of aromatic nitrogens is 2. The summed E-state index contributed by atoms with van der Waals surface area (Å²) >= 11 is 1.34. The summed E-state index contributed by atoms with van der Waals surface area (Å²) in [6.45, 7) is 0. The van der Waals surface area contributed by atoms with Gasteiger partial charge in [-0.2, -0.15) is 0 Å². The second-order valence-electron chi connectivity index (χ2n) is 5.11. The number of amides is 1. The Morgan fingerprint density at radius 2 is 1.77 bits per heavy atom. The lowest BCUT2D eigenvalue weighted by molar-refractivity contribution is 0.102. The highest BCUT2D eigenvalue weighted by molar-refractivity contribution is 7.19. The number of benzene rings is 1. The molecule has 3 aromatic rings. The van der Waals surface area contributed by atoms with Gasteiger partial charge < -0.3 is 14.2 Å². The zero-order valence-corrected chi connectivity index (χ0v) is 15.3. The third kappa shape index (κ3) is 3.60. The molecule has 8 heteroatoms. The zero-order chi connectivity index (χ0) is 18.5. The molecule has 26 heavy (non-hydrogen) atoms. The van der Waals surface area contributed by atoms with E-state index >= 15 is 0 Å². The van der Waals surface area contributed by atoms with E-state index in [1.165, 1.54) is 32.7 Å². The quantitative estimate of drug-likeness (QED) is 0.714. The molecule has 0 fully saturated rings. The van der Waals surface area contributed by atoms with E-state index in [0.29, 0.717) is 27.9 Å². The van der Waals surface area contributed by atoms with Crippen LogP contribution in [0.15, 0.2) is 42.7 Å². The van der Waals surface area contributed by atoms with Crippen LogP contribution in [-0.2, 0) is 0 Å². The SMILES string of the molecule is COc1cc(C(=O)Nc2ncc(-c3ccccn3)s2)cc(OC)c1OC. The molecule has 0 aliphatic carbocycles. The molecule has 2 aromatic heterocycles. The van der Waals surface area contributed by atoms with E-state index in [0.717, 1.165) is 10.6 Å². The van der Waals surface area contributed by atoms with Gasteiger partial charge in [-0.1, -0.05) is 17.4 Å². The highest BCUT2D eigenvalue weighted by atomic mass is 32.1. The Morgan fingerprint density at radius 3 is 2.35 bits per heavy atom. The topological polar surface area (TPSA) is 82.6 Å². The average molecular weight is 371 g/mol. The second kappa shape index (κ2) is 7.83. The first-order valence-corrected chi connectivity index (χ1v) is 8.46. The Kier molecular flexibility index (Phi) is 5.33. The predicted octanol–water partition coefficient (Wildman–Crippen LogP) is 3.48. The second-order valence-corrected chi connectivity index (χ2v) is 6.14. The molecule has 0 bridgehead atoms. The highest BCUT2D eigenvalue weighted by Crippen LogP contribution is 2.38. The molecule has 0 unspecified atom stereocenters. The number of hydrogen-bond acceptors (Lipinski definition) is 7. The number of methoxy groups -OCH3 is 3. The molecule has 0 saturated heterocycles. The van der Waals surface area contributed by atoms with Crippen LogP contribution in [0.4, 0.5) is 5.13 Å². The minimum absolute atomic E-state index is 0.328. The molecule has 0 spiro atoms. The number of hydrogen-bond donors (Lipinski definition) is 1. The molecule has 1 N–H and O–H groups in total. The van der Waals surface area contributed by atoms with Crippen LogP contribution in [-0.4, -0.2) is 37.2 Å². The molecule has 0 atom stereocenters. The molecule has 2 heterocycles. The number of carbonyl (C=O) groups excluding carboxylic acids is 1. The molecule has 0 saturated carbocycles. The zero-order valence-electron chi connectivity index (χ0n) is 14.5. The van der Waals surface area contributed by atoms with Crippen LogP contribution in [0.3, 0.4) is 0 Å². The molecule has 0 radical (unpaired) electrons. The summed E-state index contributed by atoms with van der Waals surface area (Å²) in [5.74, 6) is 0.917. The van der Waals surface area contributed by atoms with Crippen molar-refractivity contribution in [3.63, 3.8) is 0 Å². The maximum Gasteiger partial charge on any atom is 0.257 e. The van der Waals surface area contributed by atoms with E-state index in [-0.39, 0.29) is 5.91 Å². The summed E-state index contributed by atoms with van der Waals surface area (Å²) in [7, 11) is 4.51. The van der Waals surface area contributed by atoms with Gasteiger partial charge in [0, 0.05) is 18.0 Å². The van der Waals surface area contributed by atoms with Crippen molar-refractivity contribution in [2.24, 2.45) is 0 Å². The predicted molar refractivity (Wildman–Crippen MR) is 99.4 cm³/mol. The number of rotatable bonds is 6. The number of ether oxygens (including phenoxy) is 3. The molecular weight excluding hydrogens is 354 g/mol. The van der Waals surface area contributed by atoms with E-state index < -0.39 is 0 Å². The van der Waals surface area contributed by atoms with Gasteiger partial charge in [-0.25, -0.2) is 4.98 Å². The summed E-state index contributed by atoms with van der Waals surface area (Å²) < 4.78 is 15.8. The molecule has 3 rings (SSSR count). The van der Waals surface area contributed by atoms with Crippen molar-refractivity contribution >= 4 is 22.4 Å². The van der Waals surface area contributed by atoms with Gasteiger partial charge in [-0.15, -0.1) is 0 Å². The Labute approximate surface area is 154 Å². The molecular formula is C18H17N3O4S. The first kappa shape index (κ1) is 17.7. The van der Waals surface area contributed by atoms with Crippen molar-refractivity contribution in [3.05, 3.63) is 48.3 Å². The highest BCUT2D eigenvalue weighted by Gasteiger charge is 2.18. The third-order valence-electron chi connectivity index (χ3n) is 3.57. The Hall–Kier alpha value is -3.13. The normalized spacial score (nSPS) is 10.3. The Balaban J connectivity index is 1.83. The lowest BCUT2D eigenvalue weighted by Gasteiger charge is -2.13. The van der Waals surface area contributed by atoms with Crippen molar-refractivity contribution in [2.45, 2.75) is 0 Å². The van der Waals surface area contributed by atoms with E-state index in [1.54, 1.807) is 24.5 Å². The van der Waals surface area contributed by atoms with E-state index in [1.807, 2.05) is 18.2 Å². The smallest absolute Gasteiger partial charge is 0.257 e. The van der Waals surface area contributed by atoms with E-state index in [2.05, 4.69) is 15.3 Å². The molecule has 1 aromatic carbocycles. The van der Waals surface area contributed by atoms with Gasteiger partial charge in [0.15, 0.2) is 16.6 Å². The number of thiazole rings is 1. The van der Waals surface area contributed by atoms with Gasteiger partial charge in [0.05, 0.1) is 31.9 Å². The standard InChI is InChI=1S/C18H17N3O4S/c1-23-13-8-11(9-14(24-2)16(13)25-3)17(22)21-18-20-10-15(26-18)12-6-4-5-7-19-12/h4-10H,1-3H3,(H,20,21,22). The van der Waals surface area contributed by atoms with Crippen molar-refractivity contribution in [1.82, 2.24) is 9.97 Å². The molecule has 0 aliphatic heterocycles. The fraction of sp³-hybridized carbons (Fsp3) is 0.167. The number of pyridine rings is 1. The number of nitrogens with one attached hydrogen (secondary N) is 1. The van der Waals surface area contributed by atoms with Crippen LogP contribution in [0.1, 0.15) is 10.4 Å². The monoisotopic (exact) mass is 371 g/mol. The fourth-order valence-corrected chi connectivity index (χ4v) is 3.13. The van der Waals surface area contributed by atoms with Crippen molar-refractivity contribution in [2.75, 3.05) is 26.6 Å². The first-order chi connectivity index (χ1) is 12.7. The average Bonchev–Trinajstić information content (AvgIpc) is 3.15. The van der Waals surface area contributed by atoms with Crippen LogP contribution < -0.4 is 19.5 Å². The van der Waals surface area contributed by atoms with Crippen molar-refractivity contribution in [1.29, 1.82) is 0 Å². The van der Waals surface area contributed by atoms with Crippen LogP contribution in [0.5, 0.6) is 17.2 Å². The van der Waals surface area contributed by atoms with Gasteiger partial charge in [-0.05, 0) is 24.3 Å². The fourth-order valence-electron chi connectivity index (χ4n) is 2.34.